The molecule has 1 aliphatic heterocycles. The second-order valence-corrected chi connectivity index (χ2v) is 3.36. The molecule has 0 atom stereocenters. The fourth-order valence-corrected chi connectivity index (χ4v) is 1.55. The van der Waals surface area contributed by atoms with Crippen molar-refractivity contribution in [2.45, 2.75) is 20.3 Å². The monoisotopic (exact) mass is 226 g/mol. The summed E-state index contributed by atoms with van der Waals surface area (Å²) in [6.07, 6.45) is 1.74. The summed E-state index contributed by atoms with van der Waals surface area (Å²) in [7, 11) is 0. The molecule has 0 aromatic carbocycles. The van der Waals surface area contributed by atoms with Crippen molar-refractivity contribution in [3.05, 3.63) is 23.1 Å². The highest BCUT2D eigenvalue weighted by Gasteiger charge is 2.29. The van der Waals surface area contributed by atoms with Gasteiger partial charge in [-0.2, -0.15) is 0 Å². The van der Waals surface area contributed by atoms with Crippen LogP contribution in [0.15, 0.2) is 23.1 Å². The minimum Gasteiger partial charge on any atom is -0.511 e. The summed E-state index contributed by atoms with van der Waals surface area (Å²) in [6, 6.07) is 0. The number of aliphatic hydroxyl groups excluding tert-OH is 1. The van der Waals surface area contributed by atoms with Crippen LogP contribution >= 0.6 is 0 Å². The molecule has 0 fully saturated rings. The van der Waals surface area contributed by atoms with Gasteiger partial charge in [0.2, 0.25) is 0 Å². The standard InChI is InChI=1S/C10H14N2O4/c1-3-12-6(2)4-5-7(13)8(10(12)15)9(14)11-16/h4,13,16H,3,5H2,1-2H3,(H,11,14). The number of likely N-dealkylation sites (N-methyl/N-ethyl adjacent to an activating group) is 1. The van der Waals surface area contributed by atoms with E-state index in [4.69, 9.17) is 5.21 Å². The lowest BCUT2D eigenvalue weighted by atomic mass is 10.1. The average Bonchev–Trinajstić information content (AvgIpc) is 2.36. The van der Waals surface area contributed by atoms with Gasteiger partial charge in [-0.15, -0.1) is 0 Å². The number of nitrogens with one attached hydrogen (secondary N) is 1. The number of aliphatic hydroxyl groups is 1. The zero-order valence-corrected chi connectivity index (χ0v) is 9.15. The maximum absolute atomic E-state index is 11.9. The highest BCUT2D eigenvalue weighted by Crippen LogP contribution is 2.19. The Kier molecular flexibility index (Phi) is 3.68. The van der Waals surface area contributed by atoms with Gasteiger partial charge in [0, 0.05) is 18.7 Å². The third kappa shape index (κ3) is 2.06. The summed E-state index contributed by atoms with van der Waals surface area (Å²) >= 11 is 0. The molecule has 1 rings (SSSR count). The van der Waals surface area contributed by atoms with E-state index < -0.39 is 17.4 Å². The molecule has 0 saturated heterocycles. The van der Waals surface area contributed by atoms with Crippen molar-refractivity contribution >= 4 is 11.8 Å². The van der Waals surface area contributed by atoms with E-state index >= 15 is 0 Å². The third-order valence-electron chi connectivity index (χ3n) is 2.41. The molecule has 3 N–H and O–H groups in total. The SMILES string of the molecule is CCN1C(=O)C(C(=O)NO)=C(O)CC=C1C. The smallest absolute Gasteiger partial charge is 0.283 e. The van der Waals surface area contributed by atoms with E-state index in [-0.39, 0.29) is 12.2 Å². The van der Waals surface area contributed by atoms with E-state index in [0.29, 0.717) is 12.2 Å². The highest BCUT2D eigenvalue weighted by atomic mass is 16.5. The normalized spacial score (nSPS) is 17.1. The molecule has 6 heteroatoms. The van der Waals surface area contributed by atoms with Crippen molar-refractivity contribution in [1.82, 2.24) is 10.4 Å². The van der Waals surface area contributed by atoms with Gasteiger partial charge in [-0.3, -0.25) is 14.8 Å². The summed E-state index contributed by atoms with van der Waals surface area (Å²) in [5.41, 5.74) is 1.60. The van der Waals surface area contributed by atoms with Crippen LogP contribution < -0.4 is 5.48 Å². The lowest BCUT2D eigenvalue weighted by molar-refractivity contribution is -0.132. The first-order chi connectivity index (χ1) is 7.52. The molecule has 16 heavy (non-hydrogen) atoms. The zero-order chi connectivity index (χ0) is 12.3. The van der Waals surface area contributed by atoms with Gasteiger partial charge in [-0.05, 0) is 13.8 Å². The second kappa shape index (κ2) is 4.80. The van der Waals surface area contributed by atoms with Crippen molar-refractivity contribution in [3.8, 4) is 0 Å². The topological polar surface area (TPSA) is 89.9 Å². The van der Waals surface area contributed by atoms with E-state index in [2.05, 4.69) is 0 Å². The van der Waals surface area contributed by atoms with Gasteiger partial charge in [0.05, 0.1) is 0 Å². The quantitative estimate of drug-likeness (QED) is 0.362. The van der Waals surface area contributed by atoms with Gasteiger partial charge >= 0.3 is 0 Å². The van der Waals surface area contributed by atoms with Gasteiger partial charge in [0.25, 0.3) is 11.8 Å². The van der Waals surface area contributed by atoms with Crippen molar-refractivity contribution < 1.29 is 19.9 Å². The predicted octanol–water partition coefficient (Wildman–Crippen LogP) is 0.460. The van der Waals surface area contributed by atoms with Gasteiger partial charge < -0.3 is 10.0 Å². The molecule has 0 aliphatic carbocycles. The summed E-state index contributed by atoms with van der Waals surface area (Å²) in [5, 5.41) is 18.1. The summed E-state index contributed by atoms with van der Waals surface area (Å²) in [4.78, 5) is 24.5. The van der Waals surface area contributed by atoms with Crippen LogP contribution in [0, 0.1) is 0 Å². The molecule has 88 valence electrons. The molecule has 0 saturated carbocycles. The minimum atomic E-state index is -0.996. The van der Waals surface area contributed by atoms with Crippen LogP contribution in [-0.4, -0.2) is 33.6 Å². The lowest BCUT2D eigenvalue weighted by Gasteiger charge is -2.20. The lowest BCUT2D eigenvalue weighted by Crippen LogP contribution is -2.36. The van der Waals surface area contributed by atoms with Gasteiger partial charge in [0.15, 0.2) is 0 Å². The van der Waals surface area contributed by atoms with E-state index in [1.807, 2.05) is 0 Å². The number of rotatable bonds is 2. The summed E-state index contributed by atoms with van der Waals surface area (Å²) < 4.78 is 0. The highest BCUT2D eigenvalue weighted by molar-refractivity contribution is 6.19. The first-order valence-electron chi connectivity index (χ1n) is 4.88. The Labute approximate surface area is 92.8 Å². The Bertz CT molecular complexity index is 384. The Balaban J connectivity index is 3.18. The van der Waals surface area contributed by atoms with Crippen molar-refractivity contribution in [1.29, 1.82) is 0 Å². The maximum atomic E-state index is 11.9. The molecule has 2 amide bonds. The molecule has 1 aliphatic rings. The number of nitrogens with zero attached hydrogens (tertiary/aromatic N) is 1. The van der Waals surface area contributed by atoms with Crippen LogP contribution in [0.2, 0.25) is 0 Å². The maximum Gasteiger partial charge on any atom is 0.283 e. The number of hydrogen-bond acceptors (Lipinski definition) is 4. The van der Waals surface area contributed by atoms with E-state index in [1.54, 1.807) is 19.9 Å². The Morgan fingerprint density at radius 2 is 2.25 bits per heavy atom. The fourth-order valence-electron chi connectivity index (χ4n) is 1.55. The Morgan fingerprint density at radius 3 is 2.75 bits per heavy atom. The minimum absolute atomic E-state index is 0.0941. The molecule has 0 spiro atoms. The first-order valence-corrected chi connectivity index (χ1v) is 4.88. The van der Waals surface area contributed by atoms with Crippen LogP contribution in [0.3, 0.4) is 0 Å². The molecular formula is C10H14N2O4. The molecule has 6 nitrogen and oxygen atoms in total. The van der Waals surface area contributed by atoms with Crippen LogP contribution in [-0.2, 0) is 9.59 Å². The Hall–Kier alpha value is -1.82. The molecule has 1 heterocycles. The second-order valence-electron chi connectivity index (χ2n) is 3.36. The number of carbonyl (C=O) groups excluding carboxylic acids is 2. The van der Waals surface area contributed by atoms with Crippen LogP contribution in [0.5, 0.6) is 0 Å². The molecular weight excluding hydrogens is 212 g/mol. The zero-order valence-electron chi connectivity index (χ0n) is 9.15. The molecule has 0 aromatic rings. The Morgan fingerprint density at radius 1 is 1.62 bits per heavy atom. The largest absolute Gasteiger partial charge is 0.511 e. The van der Waals surface area contributed by atoms with Crippen molar-refractivity contribution in [2.24, 2.45) is 0 Å². The number of amides is 2. The van der Waals surface area contributed by atoms with E-state index in [1.165, 1.54) is 10.4 Å². The van der Waals surface area contributed by atoms with Crippen LogP contribution in [0.4, 0.5) is 0 Å². The first kappa shape index (κ1) is 12.3. The van der Waals surface area contributed by atoms with Crippen LogP contribution in [0.1, 0.15) is 20.3 Å². The summed E-state index contributed by atoms with van der Waals surface area (Å²) in [5.74, 6) is -1.95. The fraction of sp³-hybridized carbons (Fsp3) is 0.400. The van der Waals surface area contributed by atoms with E-state index in [9.17, 15) is 14.7 Å². The number of allylic oxidation sites excluding steroid dienone is 2. The van der Waals surface area contributed by atoms with E-state index in [0.717, 1.165) is 0 Å². The number of hydrogen-bond donors (Lipinski definition) is 3. The number of hydroxylamine groups is 1. The predicted molar refractivity (Wildman–Crippen MR) is 55.3 cm³/mol. The molecule has 0 bridgehead atoms. The van der Waals surface area contributed by atoms with Crippen molar-refractivity contribution in [2.75, 3.05) is 6.54 Å². The average molecular weight is 226 g/mol. The van der Waals surface area contributed by atoms with Crippen molar-refractivity contribution in [3.63, 3.8) is 0 Å². The van der Waals surface area contributed by atoms with Gasteiger partial charge in [-0.25, -0.2) is 5.48 Å². The van der Waals surface area contributed by atoms with Gasteiger partial charge in [-0.1, -0.05) is 6.08 Å². The third-order valence-corrected chi connectivity index (χ3v) is 2.41. The number of carbonyl (C=O) groups is 2. The molecule has 0 aromatic heterocycles. The molecule has 0 radical (unpaired) electrons. The molecule has 0 unspecified atom stereocenters. The van der Waals surface area contributed by atoms with Gasteiger partial charge in [0.1, 0.15) is 11.3 Å². The summed E-state index contributed by atoms with van der Waals surface area (Å²) in [6.45, 7) is 3.86. The van der Waals surface area contributed by atoms with Crippen LogP contribution in [0.25, 0.3) is 0 Å².